The van der Waals surface area contributed by atoms with E-state index in [2.05, 4.69) is 27.5 Å². The fourth-order valence-corrected chi connectivity index (χ4v) is 4.71. The van der Waals surface area contributed by atoms with Crippen LogP contribution >= 0.6 is 11.8 Å². The largest absolute Gasteiger partial charge is 0.495 e. The molecule has 2 N–H and O–H groups in total. The van der Waals surface area contributed by atoms with Crippen LogP contribution in [0.5, 0.6) is 5.75 Å². The Hall–Kier alpha value is -3.66. The van der Waals surface area contributed by atoms with Crippen molar-refractivity contribution in [3.8, 4) is 5.75 Å². The maximum absolute atomic E-state index is 13.3. The van der Waals surface area contributed by atoms with Gasteiger partial charge in [-0.3, -0.25) is 19.4 Å². The van der Waals surface area contributed by atoms with Gasteiger partial charge in [0.15, 0.2) is 5.17 Å². The van der Waals surface area contributed by atoms with Gasteiger partial charge in [0.2, 0.25) is 11.8 Å². The lowest BCUT2D eigenvalue weighted by Crippen LogP contribution is -2.41. The van der Waals surface area contributed by atoms with E-state index in [1.807, 2.05) is 36.4 Å². The van der Waals surface area contributed by atoms with Gasteiger partial charge in [0.25, 0.3) is 5.91 Å². The molecular weight excluding hydrogens is 478 g/mol. The molecule has 0 bridgehead atoms. The molecule has 2 aliphatic rings. The molecule has 0 aromatic heterocycles. The summed E-state index contributed by atoms with van der Waals surface area (Å²) in [5.74, 6) is 0.535. The summed E-state index contributed by atoms with van der Waals surface area (Å²) in [7, 11) is 1.54. The molecule has 2 heterocycles. The van der Waals surface area contributed by atoms with Crippen LogP contribution in [0.4, 0.5) is 11.4 Å². The van der Waals surface area contributed by atoms with Crippen LogP contribution in [-0.2, 0) is 14.4 Å². The Balaban J connectivity index is 1.45. The second kappa shape index (κ2) is 11.9. The Morgan fingerprint density at radius 1 is 1.11 bits per heavy atom. The number of hydrogen-bond donors (Lipinski definition) is 2. The van der Waals surface area contributed by atoms with Gasteiger partial charge in [-0.05, 0) is 37.1 Å². The van der Waals surface area contributed by atoms with E-state index in [4.69, 9.17) is 4.74 Å². The molecule has 0 fully saturated rings. The summed E-state index contributed by atoms with van der Waals surface area (Å²) in [4.78, 5) is 49.0. The van der Waals surface area contributed by atoms with Crippen LogP contribution < -0.4 is 15.4 Å². The number of para-hydroxylation sites is 3. The number of carbonyl (C=O) groups excluding carboxylic acids is 3. The molecule has 3 amide bonds. The third kappa shape index (κ3) is 5.76. The highest BCUT2D eigenvalue weighted by Crippen LogP contribution is 2.34. The average Bonchev–Trinajstić information content (AvgIpc) is 3.23. The van der Waals surface area contributed by atoms with E-state index in [1.54, 1.807) is 19.2 Å². The van der Waals surface area contributed by atoms with Crippen LogP contribution in [0.1, 0.15) is 38.2 Å². The number of amidine groups is 2. The van der Waals surface area contributed by atoms with Gasteiger partial charge < -0.3 is 15.4 Å². The highest BCUT2D eigenvalue weighted by atomic mass is 32.2. The minimum Gasteiger partial charge on any atom is -0.495 e. The number of hydrogen-bond acceptors (Lipinski definition) is 7. The second-order valence-corrected chi connectivity index (χ2v) is 9.28. The number of carbonyl (C=O) groups is 3. The summed E-state index contributed by atoms with van der Waals surface area (Å²) in [6, 6.07) is 13.9. The molecule has 0 aliphatic carbocycles. The first-order chi connectivity index (χ1) is 17.5. The highest BCUT2D eigenvalue weighted by molar-refractivity contribution is 8.14. The zero-order chi connectivity index (χ0) is 25.5. The van der Waals surface area contributed by atoms with Gasteiger partial charge >= 0.3 is 0 Å². The van der Waals surface area contributed by atoms with E-state index in [9.17, 15) is 14.4 Å². The fourth-order valence-electron chi connectivity index (χ4n) is 3.91. The summed E-state index contributed by atoms with van der Waals surface area (Å²) >= 11 is 1.16. The van der Waals surface area contributed by atoms with Crippen molar-refractivity contribution in [2.75, 3.05) is 24.7 Å². The lowest BCUT2D eigenvalue weighted by atomic mass is 10.1. The number of thioether (sulfide) groups is 1. The van der Waals surface area contributed by atoms with Gasteiger partial charge in [-0.15, -0.1) is 0 Å². The topological polar surface area (TPSA) is 112 Å². The van der Waals surface area contributed by atoms with Gasteiger partial charge in [-0.1, -0.05) is 49.4 Å². The molecule has 188 valence electrons. The normalized spacial score (nSPS) is 16.0. The first-order valence-corrected chi connectivity index (χ1v) is 12.9. The molecule has 0 saturated heterocycles. The standard InChI is InChI=1S/C26H29N5O4S/c1-3-4-15-27-22(32)14-13-20-25(34)31-24(29-20)17-9-5-6-10-18(17)30-26(31)36-16-23(33)28-19-11-7-8-12-21(19)35-2/h5-12,20H,3-4,13-16H2,1-2H3,(H,27,32)(H,28,33)/t20-/m0/s1. The van der Waals surface area contributed by atoms with E-state index in [0.717, 1.165) is 30.2 Å². The van der Waals surface area contributed by atoms with Crippen molar-refractivity contribution in [3.05, 3.63) is 54.1 Å². The first-order valence-electron chi connectivity index (χ1n) is 11.9. The lowest BCUT2D eigenvalue weighted by molar-refractivity contribution is -0.125. The van der Waals surface area contributed by atoms with E-state index in [-0.39, 0.29) is 29.9 Å². The molecule has 2 aliphatic heterocycles. The van der Waals surface area contributed by atoms with E-state index in [0.29, 0.717) is 41.1 Å². The van der Waals surface area contributed by atoms with Gasteiger partial charge in [0.1, 0.15) is 17.6 Å². The summed E-state index contributed by atoms with van der Waals surface area (Å²) in [5, 5.41) is 6.10. The molecule has 0 spiro atoms. The van der Waals surface area contributed by atoms with Crippen molar-refractivity contribution in [2.45, 2.75) is 38.6 Å². The summed E-state index contributed by atoms with van der Waals surface area (Å²) in [6.45, 7) is 2.69. The summed E-state index contributed by atoms with van der Waals surface area (Å²) in [5.41, 5.74) is 2.01. The second-order valence-electron chi connectivity index (χ2n) is 8.33. The lowest BCUT2D eigenvalue weighted by Gasteiger charge is -2.25. The van der Waals surface area contributed by atoms with Crippen molar-refractivity contribution in [3.63, 3.8) is 0 Å². The average molecular weight is 508 g/mol. The molecule has 9 nitrogen and oxygen atoms in total. The Bertz CT molecular complexity index is 1210. The minimum atomic E-state index is -0.670. The molecule has 1 atom stereocenters. The number of anilines is 1. The van der Waals surface area contributed by atoms with Crippen LogP contribution in [0.2, 0.25) is 0 Å². The number of unbranched alkanes of at least 4 members (excludes halogenated alkanes) is 1. The molecule has 36 heavy (non-hydrogen) atoms. The third-order valence-electron chi connectivity index (χ3n) is 5.76. The Morgan fingerprint density at radius 2 is 1.89 bits per heavy atom. The molecule has 0 saturated carbocycles. The van der Waals surface area contributed by atoms with Crippen LogP contribution in [0, 0.1) is 0 Å². The predicted octanol–water partition coefficient (Wildman–Crippen LogP) is 3.72. The fraction of sp³-hybridized carbons (Fsp3) is 0.346. The predicted molar refractivity (Wildman–Crippen MR) is 142 cm³/mol. The zero-order valence-electron chi connectivity index (χ0n) is 20.3. The molecule has 0 radical (unpaired) electrons. The number of fused-ring (bicyclic) bond motifs is 3. The van der Waals surface area contributed by atoms with Crippen LogP contribution in [-0.4, -0.2) is 59.1 Å². The van der Waals surface area contributed by atoms with Crippen molar-refractivity contribution in [1.82, 2.24) is 10.2 Å². The molecule has 0 unspecified atom stereocenters. The number of benzene rings is 2. The van der Waals surface area contributed by atoms with Crippen LogP contribution in [0.25, 0.3) is 0 Å². The molecule has 2 aromatic carbocycles. The van der Waals surface area contributed by atoms with E-state index in [1.165, 1.54) is 4.90 Å². The number of aliphatic imine (C=N–C) groups is 2. The van der Waals surface area contributed by atoms with Crippen molar-refractivity contribution in [1.29, 1.82) is 0 Å². The summed E-state index contributed by atoms with van der Waals surface area (Å²) < 4.78 is 5.29. The van der Waals surface area contributed by atoms with Crippen LogP contribution in [0.3, 0.4) is 0 Å². The molecule has 4 rings (SSSR count). The number of nitrogens with one attached hydrogen (secondary N) is 2. The maximum atomic E-state index is 13.3. The van der Waals surface area contributed by atoms with E-state index >= 15 is 0 Å². The van der Waals surface area contributed by atoms with Gasteiger partial charge in [-0.2, -0.15) is 0 Å². The Kier molecular flexibility index (Phi) is 8.37. The Labute approximate surface area is 214 Å². The number of methoxy groups -OCH3 is 1. The molecule has 2 aromatic rings. The first kappa shape index (κ1) is 25.4. The number of nitrogens with zero attached hydrogens (tertiary/aromatic N) is 3. The van der Waals surface area contributed by atoms with Gasteiger partial charge in [-0.25, -0.2) is 9.89 Å². The third-order valence-corrected chi connectivity index (χ3v) is 6.70. The van der Waals surface area contributed by atoms with Gasteiger partial charge in [0, 0.05) is 18.5 Å². The van der Waals surface area contributed by atoms with Crippen molar-refractivity contribution in [2.24, 2.45) is 9.98 Å². The number of amides is 3. The van der Waals surface area contributed by atoms with Crippen molar-refractivity contribution >= 4 is 51.9 Å². The Morgan fingerprint density at radius 3 is 2.69 bits per heavy atom. The molecular formula is C26H29N5O4S. The quantitative estimate of drug-likeness (QED) is 0.476. The van der Waals surface area contributed by atoms with Crippen LogP contribution in [0.15, 0.2) is 58.5 Å². The summed E-state index contributed by atoms with van der Waals surface area (Å²) in [6.07, 6.45) is 2.45. The smallest absolute Gasteiger partial charge is 0.259 e. The SMILES string of the molecule is CCCCNC(=O)CC[C@@H]1N=C2c3ccccc3N=C(SCC(=O)Nc3ccccc3OC)N2C1=O. The minimum absolute atomic E-state index is 0.0423. The highest BCUT2D eigenvalue weighted by Gasteiger charge is 2.41. The zero-order valence-corrected chi connectivity index (χ0v) is 21.1. The van der Waals surface area contributed by atoms with Gasteiger partial charge in [0.05, 0.1) is 24.2 Å². The maximum Gasteiger partial charge on any atom is 0.259 e. The number of rotatable bonds is 10. The number of ether oxygens (including phenoxy) is 1. The van der Waals surface area contributed by atoms with E-state index < -0.39 is 6.04 Å². The monoisotopic (exact) mass is 507 g/mol. The molecule has 10 heteroatoms. The van der Waals surface area contributed by atoms with Crippen molar-refractivity contribution < 1.29 is 19.1 Å².